The molecular formula is C10F22O5. The van der Waals surface area contributed by atoms with Crippen molar-refractivity contribution < 1.29 is 120 Å². The molecule has 0 unspecified atom stereocenters. The molecule has 0 aliphatic heterocycles. The summed E-state index contributed by atoms with van der Waals surface area (Å²) in [5, 5.41) is 0. The van der Waals surface area contributed by atoms with Gasteiger partial charge in [0.2, 0.25) is 0 Å². The van der Waals surface area contributed by atoms with Crippen LogP contribution in [0.15, 0.2) is 0 Å². The summed E-state index contributed by atoms with van der Waals surface area (Å²) in [6.45, 7) is 0. The largest absolute Gasteiger partial charge is 0.497 e. The average molecular weight is 618 g/mol. The SMILES string of the molecule is FC(F)(OC(F)(F)OC(F)(F)C(F)(F)OC(F)(F)C(F)(F)F)OC(F)(F)C(F)(F)OC(F)(F)C(F)(F)F. The van der Waals surface area contributed by atoms with E-state index in [4.69, 9.17) is 0 Å². The molecule has 0 N–H and O–H groups in total. The fourth-order valence-electron chi connectivity index (χ4n) is 1.15. The van der Waals surface area contributed by atoms with Gasteiger partial charge in [0, 0.05) is 0 Å². The summed E-state index contributed by atoms with van der Waals surface area (Å²) in [5.41, 5.74) is 0. The first-order chi connectivity index (χ1) is 15.5. The molecule has 0 aliphatic carbocycles. The van der Waals surface area contributed by atoms with Crippen LogP contribution in [0.25, 0.3) is 0 Å². The Morgan fingerprint density at radius 3 is 0.595 bits per heavy atom. The lowest BCUT2D eigenvalue weighted by atomic mass is 10.5. The van der Waals surface area contributed by atoms with Crippen molar-refractivity contribution in [2.75, 3.05) is 0 Å². The molecule has 0 aromatic rings. The average Bonchev–Trinajstić information content (AvgIpc) is 2.46. The van der Waals surface area contributed by atoms with Crippen LogP contribution in [0.3, 0.4) is 0 Å². The van der Waals surface area contributed by atoms with Crippen molar-refractivity contribution in [2.45, 2.75) is 61.6 Å². The van der Waals surface area contributed by atoms with Gasteiger partial charge in [0.05, 0.1) is 0 Å². The molecule has 0 saturated carbocycles. The van der Waals surface area contributed by atoms with E-state index >= 15 is 0 Å². The zero-order valence-corrected chi connectivity index (χ0v) is 15.4. The topological polar surface area (TPSA) is 46.2 Å². The van der Waals surface area contributed by atoms with Gasteiger partial charge in [0.1, 0.15) is 0 Å². The number of hydrogen-bond acceptors (Lipinski definition) is 5. The molecule has 0 aromatic carbocycles. The first kappa shape index (κ1) is 35.3. The molecule has 27 heteroatoms. The Morgan fingerprint density at radius 2 is 0.405 bits per heavy atom. The summed E-state index contributed by atoms with van der Waals surface area (Å²) >= 11 is 0. The molecule has 5 nitrogen and oxygen atoms in total. The Morgan fingerprint density at radius 1 is 0.216 bits per heavy atom. The Hall–Kier alpha value is -1.74. The molecule has 37 heavy (non-hydrogen) atoms. The van der Waals surface area contributed by atoms with E-state index in [1.54, 1.807) is 0 Å². The van der Waals surface area contributed by atoms with Crippen LogP contribution in [0.1, 0.15) is 0 Å². The molecule has 0 bridgehead atoms. The number of hydrogen-bond donors (Lipinski definition) is 0. The lowest BCUT2D eigenvalue weighted by Gasteiger charge is -2.33. The molecule has 0 heterocycles. The van der Waals surface area contributed by atoms with E-state index in [1.807, 2.05) is 0 Å². The predicted molar refractivity (Wildman–Crippen MR) is 57.1 cm³/mol. The number of alkyl halides is 22. The van der Waals surface area contributed by atoms with E-state index in [0.717, 1.165) is 0 Å². The van der Waals surface area contributed by atoms with Crippen LogP contribution in [0.2, 0.25) is 0 Å². The lowest BCUT2D eigenvalue weighted by Crippen LogP contribution is -2.57. The summed E-state index contributed by atoms with van der Waals surface area (Å²) in [6, 6.07) is 0. The zero-order valence-electron chi connectivity index (χ0n) is 15.4. The molecular weight excluding hydrogens is 618 g/mol. The summed E-state index contributed by atoms with van der Waals surface area (Å²) in [6.07, 6.45) is -74.3. The second-order valence-corrected chi connectivity index (χ2v) is 5.53. The normalized spacial score (nSPS) is 16.4. The monoisotopic (exact) mass is 618 g/mol. The van der Waals surface area contributed by atoms with Crippen LogP contribution in [0, 0.1) is 0 Å². The first-order valence-corrected chi connectivity index (χ1v) is 7.20. The van der Waals surface area contributed by atoms with E-state index in [9.17, 15) is 96.6 Å². The molecule has 0 spiro atoms. The number of halogens is 22. The minimum atomic E-state index is -7.62. The number of ether oxygens (including phenoxy) is 5. The molecule has 0 fully saturated rings. The smallest absolute Gasteiger partial charge is 0.241 e. The highest BCUT2D eigenvalue weighted by atomic mass is 19.4. The number of rotatable bonds is 12. The maximum atomic E-state index is 12.9. The minimum absolute atomic E-state index is 1.26. The third kappa shape index (κ3) is 8.63. The van der Waals surface area contributed by atoms with Gasteiger partial charge >= 0.3 is 61.6 Å². The van der Waals surface area contributed by atoms with Crippen molar-refractivity contribution in [3.8, 4) is 0 Å². The van der Waals surface area contributed by atoms with E-state index in [1.165, 1.54) is 23.7 Å². The molecule has 0 aliphatic rings. The van der Waals surface area contributed by atoms with Crippen molar-refractivity contribution >= 4 is 0 Å². The summed E-state index contributed by atoms with van der Waals surface area (Å²) in [7, 11) is 0. The fraction of sp³-hybridized carbons (Fsp3) is 1.00. The molecule has 0 amide bonds. The molecule has 0 saturated heterocycles. The molecule has 0 atom stereocenters. The highest BCUT2D eigenvalue weighted by Gasteiger charge is 2.75. The van der Waals surface area contributed by atoms with Gasteiger partial charge in [-0.3, -0.25) is 0 Å². The lowest BCUT2D eigenvalue weighted by molar-refractivity contribution is -0.616. The van der Waals surface area contributed by atoms with Gasteiger partial charge in [-0.1, -0.05) is 0 Å². The quantitative estimate of drug-likeness (QED) is 0.177. The zero-order chi connectivity index (χ0) is 30.5. The van der Waals surface area contributed by atoms with E-state index in [-0.39, 0.29) is 0 Å². The van der Waals surface area contributed by atoms with E-state index in [2.05, 4.69) is 0 Å². The minimum Gasteiger partial charge on any atom is -0.241 e. The van der Waals surface area contributed by atoms with Crippen LogP contribution >= 0.6 is 0 Å². The third-order valence-corrected chi connectivity index (χ3v) is 2.58. The highest BCUT2D eigenvalue weighted by molar-refractivity contribution is 4.76. The molecule has 0 aromatic heterocycles. The predicted octanol–water partition coefficient (Wildman–Crippen LogP) is 6.85. The molecule has 224 valence electrons. The molecule has 0 rings (SSSR count). The van der Waals surface area contributed by atoms with Gasteiger partial charge < -0.3 is 0 Å². The summed E-state index contributed by atoms with van der Waals surface area (Å²) in [5.74, 6) is 0. The van der Waals surface area contributed by atoms with Crippen LogP contribution in [0.4, 0.5) is 96.6 Å². The van der Waals surface area contributed by atoms with Crippen LogP contribution in [-0.4, -0.2) is 61.6 Å². The van der Waals surface area contributed by atoms with Gasteiger partial charge in [-0.15, -0.1) is 17.6 Å². The molecule has 0 radical (unpaired) electrons. The van der Waals surface area contributed by atoms with Crippen LogP contribution < -0.4 is 0 Å². The van der Waals surface area contributed by atoms with Gasteiger partial charge in [-0.05, 0) is 0 Å². The van der Waals surface area contributed by atoms with Gasteiger partial charge in [-0.25, -0.2) is 23.7 Å². The second-order valence-electron chi connectivity index (χ2n) is 5.53. The Balaban J connectivity index is 5.78. The second kappa shape index (κ2) is 9.47. The Labute approximate surface area is 183 Å². The van der Waals surface area contributed by atoms with Crippen molar-refractivity contribution in [3.05, 3.63) is 0 Å². The van der Waals surface area contributed by atoms with Gasteiger partial charge in [0.25, 0.3) is 0 Å². The van der Waals surface area contributed by atoms with Crippen molar-refractivity contribution in [2.24, 2.45) is 0 Å². The summed E-state index contributed by atoms with van der Waals surface area (Å²) < 4.78 is 280. The van der Waals surface area contributed by atoms with E-state index < -0.39 is 61.6 Å². The summed E-state index contributed by atoms with van der Waals surface area (Å²) in [4.78, 5) is 0. The van der Waals surface area contributed by atoms with Crippen LogP contribution in [0.5, 0.6) is 0 Å². The van der Waals surface area contributed by atoms with Crippen LogP contribution in [-0.2, 0) is 23.7 Å². The van der Waals surface area contributed by atoms with E-state index in [0.29, 0.717) is 0 Å². The van der Waals surface area contributed by atoms with Crippen molar-refractivity contribution in [3.63, 3.8) is 0 Å². The fourth-order valence-corrected chi connectivity index (χ4v) is 1.15. The standard InChI is InChI=1S/C10F22O5/c11-1(12,13)3(17,18)33-5(21,22)7(25,26)35-9(29,30)37-10(31,32)36-8(27,28)6(23,24)34-4(19,20)2(14,15)16. The maximum Gasteiger partial charge on any atom is 0.497 e. The first-order valence-electron chi connectivity index (χ1n) is 7.20. The van der Waals surface area contributed by atoms with Gasteiger partial charge in [-0.2, -0.15) is 79.0 Å². The highest BCUT2D eigenvalue weighted by Crippen LogP contribution is 2.50. The Bertz CT molecular complexity index is 718. The maximum absolute atomic E-state index is 12.9. The van der Waals surface area contributed by atoms with Gasteiger partial charge in [0.15, 0.2) is 0 Å². The Kier molecular flexibility index (Phi) is 9.03. The van der Waals surface area contributed by atoms with Crippen molar-refractivity contribution in [1.29, 1.82) is 0 Å². The van der Waals surface area contributed by atoms with Crippen molar-refractivity contribution in [1.82, 2.24) is 0 Å². The third-order valence-electron chi connectivity index (χ3n) is 2.58.